The van der Waals surface area contributed by atoms with Crippen LogP contribution in [0.25, 0.3) is 11.0 Å². The lowest BCUT2D eigenvalue weighted by Gasteiger charge is -2.57. The Kier molecular flexibility index (Phi) is 7.75. The van der Waals surface area contributed by atoms with Crippen LogP contribution in [0.2, 0.25) is 0 Å². The summed E-state index contributed by atoms with van der Waals surface area (Å²) in [5.41, 5.74) is 3.46. The molecule has 0 radical (unpaired) electrons. The number of aromatic nitrogens is 3. The zero-order chi connectivity index (χ0) is 25.9. The lowest BCUT2D eigenvalue weighted by Crippen LogP contribution is -2.64. The van der Waals surface area contributed by atoms with Crippen LogP contribution in [0.5, 0.6) is 0 Å². The average molecular weight is 515 g/mol. The van der Waals surface area contributed by atoms with Crippen molar-refractivity contribution in [2.75, 3.05) is 26.2 Å². The van der Waals surface area contributed by atoms with Crippen molar-refractivity contribution in [2.45, 2.75) is 70.0 Å². The average Bonchev–Trinajstić information content (AvgIpc) is 3.26. The fourth-order valence-corrected chi connectivity index (χ4v) is 7.68. The van der Waals surface area contributed by atoms with Crippen molar-refractivity contribution in [3.8, 4) is 0 Å². The van der Waals surface area contributed by atoms with E-state index in [0.717, 1.165) is 60.5 Å². The van der Waals surface area contributed by atoms with E-state index in [0.29, 0.717) is 19.0 Å². The number of carbonyl (C=O) groups excluding carboxylic acids is 1. The van der Waals surface area contributed by atoms with E-state index >= 15 is 0 Å². The third-order valence-electron chi connectivity index (χ3n) is 9.34. The molecule has 0 spiro atoms. The van der Waals surface area contributed by atoms with E-state index in [1.165, 1.54) is 50.9 Å². The minimum Gasteiger partial charge on any atom is -0.356 e. The second kappa shape index (κ2) is 11.5. The van der Waals surface area contributed by atoms with Crippen LogP contribution in [0.3, 0.4) is 0 Å². The van der Waals surface area contributed by atoms with Gasteiger partial charge in [-0.3, -0.25) is 19.6 Å². The van der Waals surface area contributed by atoms with E-state index in [9.17, 15) is 4.79 Å². The molecule has 0 aliphatic carbocycles. The minimum absolute atomic E-state index is 0.166. The molecule has 7 nitrogen and oxygen atoms in total. The van der Waals surface area contributed by atoms with Crippen molar-refractivity contribution in [1.29, 1.82) is 0 Å². The predicted octanol–water partition coefficient (Wildman–Crippen LogP) is 4.17. The van der Waals surface area contributed by atoms with Crippen molar-refractivity contribution in [3.05, 3.63) is 60.2 Å². The van der Waals surface area contributed by atoms with E-state index < -0.39 is 0 Å². The van der Waals surface area contributed by atoms with Crippen LogP contribution in [0.15, 0.2) is 48.8 Å². The maximum absolute atomic E-state index is 12.8. The number of likely N-dealkylation sites (tertiary alicyclic amines) is 1. The Balaban J connectivity index is 1.05. The number of benzene rings is 1. The van der Waals surface area contributed by atoms with Gasteiger partial charge in [0, 0.05) is 64.0 Å². The smallest absolute Gasteiger partial charge is 0.220 e. The molecule has 0 bridgehead atoms. The number of imidazole rings is 1. The molecule has 1 aromatic carbocycles. The largest absolute Gasteiger partial charge is 0.356 e. The fraction of sp³-hybridized carbons (Fsp3) is 0.581. The molecule has 0 unspecified atom stereocenters. The highest BCUT2D eigenvalue weighted by molar-refractivity contribution is 5.76. The second-order valence-corrected chi connectivity index (χ2v) is 11.7. The molecule has 1 N–H and O–H groups in total. The molecule has 1 amide bonds. The van der Waals surface area contributed by atoms with Gasteiger partial charge in [-0.1, -0.05) is 18.2 Å². The first-order chi connectivity index (χ1) is 18.7. The molecule has 3 aliphatic heterocycles. The normalized spacial score (nSPS) is 25.8. The third kappa shape index (κ3) is 5.36. The van der Waals surface area contributed by atoms with Gasteiger partial charge in [0.05, 0.1) is 11.0 Å². The highest BCUT2D eigenvalue weighted by Gasteiger charge is 2.48. The number of hydrogen-bond donors (Lipinski definition) is 1. The molecular weight excluding hydrogens is 472 g/mol. The number of para-hydroxylation sites is 2. The SMILES string of the molecule is Cn1c(CCNC(=O)CCC[C@@H]2[C@H]3CCCN4CCC[C@@H](CN2Cc2cccnc2)[C@@H]34)nc2ccccc21. The first-order valence-electron chi connectivity index (χ1n) is 14.7. The van der Waals surface area contributed by atoms with Crippen LogP contribution in [0, 0.1) is 11.8 Å². The number of hydrogen-bond acceptors (Lipinski definition) is 5. The molecule has 3 saturated heterocycles. The number of carbonyl (C=O) groups is 1. The van der Waals surface area contributed by atoms with E-state index in [-0.39, 0.29) is 5.91 Å². The number of pyridine rings is 1. The Morgan fingerprint density at radius 3 is 2.82 bits per heavy atom. The zero-order valence-electron chi connectivity index (χ0n) is 22.8. The Labute approximate surface area is 226 Å². The van der Waals surface area contributed by atoms with Crippen molar-refractivity contribution >= 4 is 16.9 Å². The van der Waals surface area contributed by atoms with Crippen LogP contribution in [-0.4, -0.2) is 68.5 Å². The Morgan fingerprint density at radius 1 is 1.11 bits per heavy atom. The Hall–Kier alpha value is -2.77. The van der Waals surface area contributed by atoms with E-state index in [1.54, 1.807) is 0 Å². The Bertz CT molecular complexity index is 1220. The number of aryl methyl sites for hydroxylation is 1. The van der Waals surface area contributed by atoms with Crippen LogP contribution in [0.1, 0.15) is 56.3 Å². The van der Waals surface area contributed by atoms with Gasteiger partial charge in [0.25, 0.3) is 0 Å². The zero-order valence-corrected chi connectivity index (χ0v) is 22.8. The maximum Gasteiger partial charge on any atom is 0.220 e. The Morgan fingerprint density at radius 2 is 1.97 bits per heavy atom. The molecule has 3 fully saturated rings. The van der Waals surface area contributed by atoms with Crippen molar-refractivity contribution in [1.82, 2.24) is 29.7 Å². The van der Waals surface area contributed by atoms with Crippen LogP contribution < -0.4 is 5.32 Å². The first-order valence-corrected chi connectivity index (χ1v) is 14.7. The quantitative estimate of drug-likeness (QED) is 0.464. The highest BCUT2D eigenvalue weighted by Crippen LogP contribution is 2.43. The summed E-state index contributed by atoms with van der Waals surface area (Å²) in [4.78, 5) is 27.5. The molecule has 38 heavy (non-hydrogen) atoms. The number of fused-ring (bicyclic) bond motifs is 1. The summed E-state index contributed by atoms with van der Waals surface area (Å²) in [6.07, 6.45) is 12.6. The van der Waals surface area contributed by atoms with E-state index in [1.807, 2.05) is 30.6 Å². The summed E-state index contributed by atoms with van der Waals surface area (Å²) < 4.78 is 2.13. The van der Waals surface area contributed by atoms with Gasteiger partial charge in [-0.25, -0.2) is 4.98 Å². The number of piperidine rings is 3. The standard InChI is InChI=1S/C31H42N6O/c1-35-28-12-3-2-11-26(28)34-29(35)15-17-33-30(38)14-4-13-27-25-10-7-19-36-18-6-9-24(31(25)36)22-37(27)21-23-8-5-16-32-20-23/h2-3,5,8,11-12,16,20,24-25,27,31H,4,6-7,9-10,13-15,17-19,21-22H2,1H3,(H,33,38)/t24-,25+,27+,31-/m0/s1. The number of nitrogens with one attached hydrogen (secondary N) is 1. The summed E-state index contributed by atoms with van der Waals surface area (Å²) in [6, 6.07) is 13.7. The molecule has 3 aromatic rings. The molecule has 3 aliphatic rings. The lowest BCUT2D eigenvalue weighted by atomic mass is 9.69. The minimum atomic E-state index is 0.166. The summed E-state index contributed by atoms with van der Waals surface area (Å²) in [7, 11) is 2.05. The lowest BCUT2D eigenvalue weighted by molar-refractivity contribution is -0.121. The molecule has 7 heteroatoms. The van der Waals surface area contributed by atoms with Gasteiger partial charge >= 0.3 is 0 Å². The van der Waals surface area contributed by atoms with Gasteiger partial charge in [-0.05, 0) is 87.2 Å². The molecule has 6 rings (SSSR count). The van der Waals surface area contributed by atoms with Crippen LogP contribution in [-0.2, 0) is 24.8 Å². The van der Waals surface area contributed by atoms with Crippen molar-refractivity contribution in [3.63, 3.8) is 0 Å². The number of amides is 1. The van der Waals surface area contributed by atoms with E-state index in [4.69, 9.17) is 4.98 Å². The molecule has 0 saturated carbocycles. The number of rotatable bonds is 9. The van der Waals surface area contributed by atoms with Gasteiger partial charge in [-0.2, -0.15) is 0 Å². The van der Waals surface area contributed by atoms with Gasteiger partial charge in [0.2, 0.25) is 5.91 Å². The summed E-state index contributed by atoms with van der Waals surface area (Å²) in [6.45, 7) is 5.35. The predicted molar refractivity (Wildman–Crippen MR) is 151 cm³/mol. The molecular formula is C31H42N6O. The molecule has 2 aromatic heterocycles. The van der Waals surface area contributed by atoms with E-state index in [2.05, 4.69) is 49.9 Å². The highest BCUT2D eigenvalue weighted by atomic mass is 16.1. The molecule has 4 atom stereocenters. The summed E-state index contributed by atoms with van der Waals surface area (Å²) in [5, 5.41) is 3.16. The summed E-state index contributed by atoms with van der Waals surface area (Å²) >= 11 is 0. The van der Waals surface area contributed by atoms with Gasteiger partial charge in [-0.15, -0.1) is 0 Å². The topological polar surface area (TPSA) is 66.3 Å². The summed E-state index contributed by atoms with van der Waals surface area (Å²) in [5.74, 6) is 2.69. The monoisotopic (exact) mass is 514 g/mol. The fourth-order valence-electron chi connectivity index (χ4n) is 7.68. The maximum atomic E-state index is 12.8. The van der Waals surface area contributed by atoms with Gasteiger partial charge < -0.3 is 9.88 Å². The van der Waals surface area contributed by atoms with Crippen molar-refractivity contribution in [2.24, 2.45) is 18.9 Å². The van der Waals surface area contributed by atoms with Crippen LogP contribution >= 0.6 is 0 Å². The number of nitrogens with zero attached hydrogens (tertiary/aromatic N) is 5. The molecule has 5 heterocycles. The van der Waals surface area contributed by atoms with Gasteiger partial charge in [0.1, 0.15) is 5.82 Å². The van der Waals surface area contributed by atoms with Crippen molar-refractivity contribution < 1.29 is 4.79 Å². The third-order valence-corrected chi connectivity index (χ3v) is 9.34. The molecule has 202 valence electrons. The van der Waals surface area contributed by atoms with Gasteiger partial charge in [0.15, 0.2) is 0 Å². The second-order valence-electron chi connectivity index (χ2n) is 11.7. The van der Waals surface area contributed by atoms with Crippen LogP contribution in [0.4, 0.5) is 0 Å². The first kappa shape index (κ1) is 25.5.